The van der Waals surface area contributed by atoms with Crippen molar-refractivity contribution in [2.24, 2.45) is 11.8 Å². The molecule has 4 rings (SSSR count). The molecule has 2 aromatic rings. The third kappa shape index (κ3) is 3.48. The molecule has 1 heterocycles. The summed E-state index contributed by atoms with van der Waals surface area (Å²) in [5, 5.41) is 2.91. The molecule has 148 valence electrons. The topological polar surface area (TPSA) is 66.5 Å². The maximum absolute atomic E-state index is 12.8. The minimum Gasteiger partial charge on any atom is -0.322 e. The number of nitrogens with zero attached hydrogens (tertiary/aromatic N) is 1. The lowest BCUT2D eigenvalue weighted by molar-refractivity contribution is -0.122. The number of nitrogens with one attached hydrogen (secondary N) is 1. The van der Waals surface area contributed by atoms with Crippen molar-refractivity contribution in [3.05, 3.63) is 70.8 Å². The molecule has 1 N–H and O–H groups in total. The Morgan fingerprint density at radius 3 is 2.34 bits per heavy atom. The van der Waals surface area contributed by atoms with Crippen molar-refractivity contribution in [3.8, 4) is 0 Å². The first kappa shape index (κ1) is 19.1. The average molecular weight is 388 g/mol. The highest BCUT2D eigenvalue weighted by atomic mass is 16.2. The van der Waals surface area contributed by atoms with Crippen molar-refractivity contribution < 1.29 is 14.4 Å². The number of hydrogen-bond acceptors (Lipinski definition) is 3. The summed E-state index contributed by atoms with van der Waals surface area (Å²) in [5.74, 6) is -1.04. The number of carbonyl (C=O) groups excluding carboxylic acids is 3. The number of rotatable bonds is 3. The Bertz CT molecular complexity index is 1040. The van der Waals surface area contributed by atoms with E-state index in [0.717, 1.165) is 22.4 Å². The predicted molar refractivity (Wildman–Crippen MR) is 113 cm³/mol. The Hall–Kier alpha value is -3.21. The Morgan fingerprint density at radius 1 is 0.966 bits per heavy atom. The molecule has 0 unspecified atom stereocenters. The van der Waals surface area contributed by atoms with Gasteiger partial charge < -0.3 is 5.32 Å². The summed E-state index contributed by atoms with van der Waals surface area (Å²) in [7, 11) is 0. The third-order valence-electron chi connectivity index (χ3n) is 5.84. The van der Waals surface area contributed by atoms with E-state index in [1.165, 1.54) is 4.90 Å². The molecule has 0 bridgehead atoms. The Balaban J connectivity index is 1.51. The smallest absolute Gasteiger partial charge is 0.255 e. The van der Waals surface area contributed by atoms with Gasteiger partial charge in [0, 0.05) is 11.3 Å². The maximum atomic E-state index is 12.8. The van der Waals surface area contributed by atoms with E-state index in [9.17, 15) is 14.4 Å². The van der Waals surface area contributed by atoms with E-state index in [0.29, 0.717) is 24.1 Å². The lowest BCUT2D eigenvalue weighted by Crippen LogP contribution is -2.30. The normalized spacial score (nSPS) is 21.1. The van der Waals surface area contributed by atoms with Crippen LogP contribution >= 0.6 is 0 Å². The van der Waals surface area contributed by atoms with Crippen LogP contribution < -0.4 is 10.2 Å². The van der Waals surface area contributed by atoms with Gasteiger partial charge in [-0.05, 0) is 69.5 Å². The van der Waals surface area contributed by atoms with Crippen molar-refractivity contribution in [1.82, 2.24) is 0 Å². The summed E-state index contributed by atoms with van der Waals surface area (Å²) in [6, 6.07) is 12.5. The molecule has 0 aromatic heterocycles. The molecule has 0 spiro atoms. The minimum atomic E-state index is -0.265. The Morgan fingerprint density at radius 2 is 1.66 bits per heavy atom. The van der Waals surface area contributed by atoms with Gasteiger partial charge >= 0.3 is 0 Å². The fraction of sp³-hybridized carbons (Fsp3) is 0.292. The molecule has 1 aliphatic heterocycles. The second-order valence-electron chi connectivity index (χ2n) is 8.03. The number of aryl methyl sites for hydroxylation is 2. The van der Waals surface area contributed by atoms with Crippen LogP contribution in [0.2, 0.25) is 0 Å². The van der Waals surface area contributed by atoms with Crippen LogP contribution in [0, 0.1) is 25.7 Å². The second-order valence-corrected chi connectivity index (χ2v) is 8.03. The van der Waals surface area contributed by atoms with Crippen molar-refractivity contribution in [1.29, 1.82) is 0 Å². The van der Waals surface area contributed by atoms with Gasteiger partial charge in [0.05, 0.1) is 17.5 Å². The van der Waals surface area contributed by atoms with Crippen molar-refractivity contribution in [2.45, 2.75) is 33.6 Å². The Kier molecular flexibility index (Phi) is 4.82. The highest BCUT2D eigenvalue weighted by Crippen LogP contribution is 2.39. The molecule has 2 aliphatic rings. The van der Waals surface area contributed by atoms with Crippen LogP contribution in [0.5, 0.6) is 0 Å². The van der Waals surface area contributed by atoms with E-state index in [1.807, 2.05) is 39.0 Å². The fourth-order valence-corrected chi connectivity index (χ4v) is 4.20. The van der Waals surface area contributed by atoms with Crippen molar-refractivity contribution >= 4 is 29.1 Å². The van der Waals surface area contributed by atoms with Gasteiger partial charge in [-0.2, -0.15) is 0 Å². The summed E-state index contributed by atoms with van der Waals surface area (Å²) in [4.78, 5) is 39.5. The largest absolute Gasteiger partial charge is 0.322 e. The van der Waals surface area contributed by atoms with E-state index >= 15 is 0 Å². The second kappa shape index (κ2) is 7.32. The zero-order valence-corrected chi connectivity index (χ0v) is 16.9. The van der Waals surface area contributed by atoms with Crippen LogP contribution in [-0.4, -0.2) is 17.7 Å². The Labute approximate surface area is 170 Å². The van der Waals surface area contributed by atoms with Gasteiger partial charge in [-0.3, -0.25) is 19.3 Å². The number of imide groups is 1. The molecule has 1 saturated heterocycles. The van der Waals surface area contributed by atoms with E-state index in [-0.39, 0.29) is 29.6 Å². The van der Waals surface area contributed by atoms with Gasteiger partial charge in [-0.25, -0.2) is 0 Å². The first-order valence-electron chi connectivity index (χ1n) is 9.87. The molecule has 29 heavy (non-hydrogen) atoms. The van der Waals surface area contributed by atoms with Crippen molar-refractivity contribution in [2.75, 3.05) is 10.2 Å². The number of fused-ring (bicyclic) bond motifs is 1. The lowest BCUT2D eigenvalue weighted by Gasteiger charge is -2.18. The predicted octanol–water partition coefficient (Wildman–Crippen LogP) is 4.40. The molecule has 0 radical (unpaired) electrons. The third-order valence-corrected chi connectivity index (χ3v) is 5.84. The monoisotopic (exact) mass is 388 g/mol. The summed E-state index contributed by atoms with van der Waals surface area (Å²) in [5.41, 5.74) is 5.05. The first-order chi connectivity index (χ1) is 13.8. The lowest BCUT2D eigenvalue weighted by atomic mass is 9.82. The molecular weight excluding hydrogens is 364 g/mol. The standard InChI is InChI=1S/C24H24N2O3/c1-14-5-11-21(16(3)12-14)25-22(27)17-6-8-18(9-7-17)26-23(28)19-10-4-15(2)13-20(19)24(26)29/h4-9,11-12,19-20H,10,13H2,1-3H3,(H,25,27)/t19-,20+/m1/s1. The fourth-order valence-electron chi connectivity index (χ4n) is 4.20. The molecule has 1 aliphatic carbocycles. The van der Waals surface area contributed by atoms with Crippen LogP contribution in [0.3, 0.4) is 0 Å². The maximum Gasteiger partial charge on any atom is 0.255 e. The quantitative estimate of drug-likeness (QED) is 0.626. The van der Waals surface area contributed by atoms with E-state index in [1.54, 1.807) is 24.3 Å². The van der Waals surface area contributed by atoms with Crippen LogP contribution in [0.15, 0.2) is 54.1 Å². The average Bonchev–Trinajstić information content (AvgIpc) is 2.94. The summed E-state index contributed by atoms with van der Waals surface area (Å²) in [6.07, 6.45) is 3.31. The number of benzene rings is 2. The van der Waals surface area contributed by atoms with Gasteiger partial charge in [-0.15, -0.1) is 0 Å². The minimum absolute atomic E-state index is 0.139. The van der Waals surface area contributed by atoms with Gasteiger partial charge in [0.2, 0.25) is 11.8 Å². The van der Waals surface area contributed by atoms with E-state index in [4.69, 9.17) is 0 Å². The molecule has 5 heteroatoms. The van der Waals surface area contributed by atoms with Crippen LogP contribution in [0.25, 0.3) is 0 Å². The number of carbonyl (C=O) groups is 3. The summed E-state index contributed by atoms with van der Waals surface area (Å²) >= 11 is 0. The van der Waals surface area contributed by atoms with Crippen molar-refractivity contribution in [3.63, 3.8) is 0 Å². The SMILES string of the molecule is CC1=CC[C@H]2C(=O)N(c3ccc(C(=O)Nc4ccc(C)cc4C)cc3)C(=O)[C@H]2C1. The number of anilines is 2. The van der Waals surface area contributed by atoms with Gasteiger partial charge in [0.15, 0.2) is 0 Å². The van der Waals surface area contributed by atoms with Crippen LogP contribution in [-0.2, 0) is 9.59 Å². The highest BCUT2D eigenvalue weighted by Gasteiger charge is 2.48. The number of hydrogen-bond donors (Lipinski definition) is 1. The van der Waals surface area contributed by atoms with Crippen LogP contribution in [0.4, 0.5) is 11.4 Å². The van der Waals surface area contributed by atoms with Gasteiger partial charge in [0.25, 0.3) is 5.91 Å². The number of allylic oxidation sites excluding steroid dienone is 2. The molecule has 2 atom stereocenters. The molecule has 0 saturated carbocycles. The molecule has 1 fully saturated rings. The van der Waals surface area contributed by atoms with E-state index in [2.05, 4.69) is 11.4 Å². The van der Waals surface area contributed by atoms with Gasteiger partial charge in [-0.1, -0.05) is 29.3 Å². The van der Waals surface area contributed by atoms with Gasteiger partial charge in [0.1, 0.15) is 0 Å². The molecule has 2 aromatic carbocycles. The first-order valence-corrected chi connectivity index (χ1v) is 9.87. The van der Waals surface area contributed by atoms with E-state index < -0.39 is 0 Å². The summed E-state index contributed by atoms with van der Waals surface area (Å²) < 4.78 is 0. The zero-order chi connectivity index (χ0) is 20.7. The molecule has 3 amide bonds. The number of amides is 3. The molecular formula is C24H24N2O3. The molecule has 5 nitrogen and oxygen atoms in total. The van der Waals surface area contributed by atoms with Crippen LogP contribution in [0.1, 0.15) is 41.3 Å². The highest BCUT2D eigenvalue weighted by molar-refractivity contribution is 6.22. The summed E-state index contributed by atoms with van der Waals surface area (Å²) in [6.45, 7) is 5.96. The zero-order valence-electron chi connectivity index (χ0n) is 16.9.